The maximum Gasteiger partial charge on any atom is 0.227 e. The molecule has 0 bridgehead atoms. The summed E-state index contributed by atoms with van der Waals surface area (Å²) in [5, 5.41) is 0. The fourth-order valence-electron chi connectivity index (χ4n) is 2.91. The maximum atomic E-state index is 14.0. The lowest BCUT2D eigenvalue weighted by atomic mass is 9.96. The first-order valence-electron chi connectivity index (χ1n) is 7.03. The van der Waals surface area contributed by atoms with Crippen LogP contribution in [0.5, 0.6) is 0 Å². The van der Waals surface area contributed by atoms with Crippen molar-refractivity contribution in [3.8, 4) is 0 Å². The van der Waals surface area contributed by atoms with E-state index in [4.69, 9.17) is 5.73 Å². The first-order valence-corrected chi connectivity index (χ1v) is 7.03. The molecule has 1 atom stereocenters. The number of aryl methyl sites for hydroxylation is 1. The van der Waals surface area contributed by atoms with Gasteiger partial charge in [-0.05, 0) is 43.2 Å². The van der Waals surface area contributed by atoms with Crippen LogP contribution in [0.15, 0.2) is 42.5 Å². The fraction of sp³-hybridized carbons (Fsp3) is 0.235. The van der Waals surface area contributed by atoms with Crippen molar-refractivity contribution in [1.82, 2.24) is 0 Å². The number of anilines is 2. The van der Waals surface area contributed by atoms with Gasteiger partial charge in [0.1, 0.15) is 5.82 Å². The highest BCUT2D eigenvalue weighted by Crippen LogP contribution is 2.36. The Morgan fingerprint density at radius 1 is 1.19 bits per heavy atom. The lowest BCUT2D eigenvalue weighted by molar-refractivity contribution is -0.119. The van der Waals surface area contributed by atoms with Gasteiger partial charge in [-0.15, -0.1) is 0 Å². The third-order valence-electron chi connectivity index (χ3n) is 3.98. The molecule has 108 valence electrons. The molecule has 1 aliphatic rings. The van der Waals surface area contributed by atoms with Crippen LogP contribution in [0.4, 0.5) is 15.8 Å². The number of nitrogens with two attached hydrogens (primary N) is 1. The van der Waals surface area contributed by atoms with Gasteiger partial charge in [0, 0.05) is 23.4 Å². The van der Waals surface area contributed by atoms with Gasteiger partial charge in [0.2, 0.25) is 5.91 Å². The van der Waals surface area contributed by atoms with Gasteiger partial charge in [0.25, 0.3) is 0 Å². The molecule has 21 heavy (non-hydrogen) atoms. The molecule has 2 N–H and O–H groups in total. The van der Waals surface area contributed by atoms with E-state index >= 15 is 0 Å². The number of nitrogens with zero attached hydrogens (tertiary/aromatic N) is 1. The molecule has 3 rings (SSSR count). The summed E-state index contributed by atoms with van der Waals surface area (Å²) in [6.07, 6.45) is 1.11. The van der Waals surface area contributed by atoms with Gasteiger partial charge in [-0.1, -0.05) is 18.2 Å². The first-order chi connectivity index (χ1) is 10.1. The number of hydrogen-bond donors (Lipinski definition) is 1. The van der Waals surface area contributed by atoms with Gasteiger partial charge in [0.15, 0.2) is 0 Å². The number of fused-ring (bicyclic) bond motifs is 1. The van der Waals surface area contributed by atoms with Crippen molar-refractivity contribution in [2.45, 2.75) is 25.8 Å². The van der Waals surface area contributed by atoms with Crippen molar-refractivity contribution < 1.29 is 9.18 Å². The molecule has 0 saturated carbocycles. The molecular weight excluding hydrogens is 267 g/mol. The van der Waals surface area contributed by atoms with E-state index in [1.54, 1.807) is 29.2 Å². The largest absolute Gasteiger partial charge is 0.399 e. The second-order valence-electron chi connectivity index (χ2n) is 5.35. The normalized spacial score (nSPS) is 15.7. The van der Waals surface area contributed by atoms with Crippen molar-refractivity contribution in [2.75, 3.05) is 10.6 Å². The van der Waals surface area contributed by atoms with E-state index in [0.29, 0.717) is 24.1 Å². The number of rotatable bonds is 2. The molecule has 0 fully saturated rings. The van der Waals surface area contributed by atoms with E-state index in [1.807, 2.05) is 19.1 Å². The molecule has 4 heteroatoms. The molecule has 0 saturated heterocycles. The molecule has 0 aromatic heterocycles. The van der Waals surface area contributed by atoms with Crippen LogP contribution in [0, 0.1) is 5.82 Å². The zero-order valence-corrected chi connectivity index (χ0v) is 11.8. The average molecular weight is 284 g/mol. The number of hydrogen-bond acceptors (Lipinski definition) is 2. The number of amides is 1. The number of carbonyl (C=O) groups is 1. The van der Waals surface area contributed by atoms with Crippen molar-refractivity contribution >= 4 is 17.3 Å². The molecule has 0 spiro atoms. The van der Waals surface area contributed by atoms with Crippen LogP contribution >= 0.6 is 0 Å². The zero-order valence-electron chi connectivity index (χ0n) is 11.8. The summed E-state index contributed by atoms with van der Waals surface area (Å²) >= 11 is 0. The van der Waals surface area contributed by atoms with E-state index in [0.717, 1.165) is 11.3 Å². The van der Waals surface area contributed by atoms with Crippen LogP contribution in [0.1, 0.15) is 30.5 Å². The quantitative estimate of drug-likeness (QED) is 0.859. The summed E-state index contributed by atoms with van der Waals surface area (Å²) in [7, 11) is 0. The first kappa shape index (κ1) is 13.6. The minimum Gasteiger partial charge on any atom is -0.399 e. The Bertz CT molecular complexity index is 699. The van der Waals surface area contributed by atoms with Crippen molar-refractivity contribution in [3.63, 3.8) is 0 Å². The molecule has 0 unspecified atom stereocenters. The third kappa shape index (κ3) is 2.37. The predicted octanol–water partition coefficient (Wildman–Crippen LogP) is 3.45. The monoisotopic (exact) mass is 284 g/mol. The van der Waals surface area contributed by atoms with Gasteiger partial charge in [-0.2, -0.15) is 0 Å². The highest BCUT2D eigenvalue weighted by atomic mass is 19.1. The fourth-order valence-corrected chi connectivity index (χ4v) is 2.91. The molecule has 1 heterocycles. The summed E-state index contributed by atoms with van der Waals surface area (Å²) in [5.74, 6) is -0.275. The minimum absolute atomic E-state index is 0.0167. The average Bonchev–Trinajstić information content (AvgIpc) is 2.47. The standard InChI is InChI=1S/C17H17FN2O/c1-11(14-4-2-3-5-15(14)18)20-16-8-7-13(19)10-12(16)6-9-17(20)21/h2-5,7-8,10-11H,6,9,19H2,1H3/t11-/m0/s1. The summed E-state index contributed by atoms with van der Waals surface area (Å²) in [6.45, 7) is 1.85. The highest BCUT2D eigenvalue weighted by molar-refractivity contribution is 5.97. The van der Waals surface area contributed by atoms with Gasteiger partial charge < -0.3 is 10.6 Å². The van der Waals surface area contributed by atoms with Crippen molar-refractivity contribution in [3.05, 3.63) is 59.4 Å². The van der Waals surface area contributed by atoms with E-state index in [9.17, 15) is 9.18 Å². The molecule has 1 aliphatic heterocycles. The molecule has 2 aromatic rings. The van der Waals surface area contributed by atoms with Crippen LogP contribution in [0.3, 0.4) is 0 Å². The Morgan fingerprint density at radius 3 is 2.71 bits per heavy atom. The Balaban J connectivity index is 2.06. The highest BCUT2D eigenvalue weighted by Gasteiger charge is 2.30. The van der Waals surface area contributed by atoms with E-state index in [1.165, 1.54) is 6.07 Å². The van der Waals surface area contributed by atoms with E-state index in [2.05, 4.69) is 0 Å². The summed E-state index contributed by atoms with van der Waals surface area (Å²) < 4.78 is 14.0. The van der Waals surface area contributed by atoms with Gasteiger partial charge in [0.05, 0.1) is 6.04 Å². The molecule has 3 nitrogen and oxygen atoms in total. The lowest BCUT2D eigenvalue weighted by Gasteiger charge is -2.35. The Morgan fingerprint density at radius 2 is 1.95 bits per heavy atom. The van der Waals surface area contributed by atoms with Crippen LogP contribution in [0.2, 0.25) is 0 Å². The predicted molar refractivity (Wildman–Crippen MR) is 81.5 cm³/mol. The Kier molecular flexibility index (Phi) is 3.37. The summed E-state index contributed by atoms with van der Waals surface area (Å²) in [4.78, 5) is 14.0. The van der Waals surface area contributed by atoms with Crippen LogP contribution in [-0.2, 0) is 11.2 Å². The summed E-state index contributed by atoms with van der Waals surface area (Å²) in [6, 6.07) is 11.7. The minimum atomic E-state index is -0.346. The summed E-state index contributed by atoms with van der Waals surface area (Å²) in [5.41, 5.74) is 8.88. The number of halogens is 1. The molecular formula is C17H17FN2O. The molecule has 2 aromatic carbocycles. The maximum absolute atomic E-state index is 14.0. The topological polar surface area (TPSA) is 46.3 Å². The number of carbonyl (C=O) groups excluding carboxylic acids is 1. The number of nitrogen functional groups attached to an aromatic ring is 1. The second kappa shape index (κ2) is 5.20. The van der Waals surface area contributed by atoms with Gasteiger partial charge in [-0.25, -0.2) is 4.39 Å². The zero-order chi connectivity index (χ0) is 15.0. The van der Waals surface area contributed by atoms with Crippen molar-refractivity contribution in [2.24, 2.45) is 0 Å². The molecule has 1 amide bonds. The Hall–Kier alpha value is -2.36. The van der Waals surface area contributed by atoms with Crippen LogP contribution in [0.25, 0.3) is 0 Å². The third-order valence-corrected chi connectivity index (χ3v) is 3.98. The van der Waals surface area contributed by atoms with Crippen LogP contribution in [-0.4, -0.2) is 5.91 Å². The van der Waals surface area contributed by atoms with Gasteiger partial charge in [-0.3, -0.25) is 4.79 Å². The van der Waals surface area contributed by atoms with Crippen LogP contribution < -0.4 is 10.6 Å². The second-order valence-corrected chi connectivity index (χ2v) is 5.35. The number of benzene rings is 2. The van der Waals surface area contributed by atoms with Gasteiger partial charge >= 0.3 is 0 Å². The smallest absolute Gasteiger partial charge is 0.227 e. The van der Waals surface area contributed by atoms with Crippen molar-refractivity contribution in [1.29, 1.82) is 0 Å². The SMILES string of the molecule is C[C@@H](c1ccccc1F)N1C(=O)CCc2cc(N)ccc21. The Labute approximate surface area is 123 Å². The van der Waals surface area contributed by atoms with E-state index < -0.39 is 0 Å². The lowest BCUT2D eigenvalue weighted by Crippen LogP contribution is -2.37. The molecule has 0 radical (unpaired) electrons. The van der Waals surface area contributed by atoms with E-state index in [-0.39, 0.29) is 17.8 Å². The molecule has 0 aliphatic carbocycles.